The van der Waals surface area contributed by atoms with Gasteiger partial charge in [-0.2, -0.15) is 11.3 Å². The fourth-order valence-corrected chi connectivity index (χ4v) is 4.97. The summed E-state index contributed by atoms with van der Waals surface area (Å²) in [6.45, 7) is 0. The second kappa shape index (κ2) is 9.38. The van der Waals surface area contributed by atoms with Crippen molar-refractivity contribution in [2.45, 2.75) is 63.1 Å². The number of carbonyl (C=O) groups is 3. The van der Waals surface area contributed by atoms with Crippen LogP contribution in [0.1, 0.15) is 55.7 Å². The van der Waals surface area contributed by atoms with Crippen LogP contribution >= 0.6 is 11.3 Å². The molecule has 2 unspecified atom stereocenters. The van der Waals surface area contributed by atoms with E-state index in [1.165, 1.54) is 4.90 Å². The fourth-order valence-electron chi connectivity index (χ4n) is 4.29. The van der Waals surface area contributed by atoms with E-state index in [4.69, 9.17) is 0 Å². The number of urea groups is 1. The van der Waals surface area contributed by atoms with Gasteiger partial charge in [-0.25, -0.2) is 4.79 Å². The molecule has 0 spiro atoms. The molecule has 0 bridgehead atoms. The first kappa shape index (κ1) is 20.5. The van der Waals surface area contributed by atoms with Crippen molar-refractivity contribution in [1.82, 2.24) is 20.5 Å². The molecule has 2 aliphatic rings. The number of hydrogen-bond acceptors (Lipinski definition) is 5. The molecule has 1 saturated heterocycles. The molecule has 1 aliphatic heterocycles. The van der Waals surface area contributed by atoms with Crippen molar-refractivity contribution in [3.05, 3.63) is 52.5 Å². The molecular formula is C22H26N4O3S. The number of hydrogen-bond donors (Lipinski definition) is 2. The molecular weight excluding hydrogens is 400 g/mol. The number of aromatic nitrogens is 1. The van der Waals surface area contributed by atoms with Crippen LogP contribution in [0.4, 0.5) is 4.79 Å². The van der Waals surface area contributed by atoms with Crippen LogP contribution in [0.2, 0.25) is 0 Å². The zero-order chi connectivity index (χ0) is 20.9. The Hall–Kier alpha value is -2.74. The van der Waals surface area contributed by atoms with Crippen LogP contribution in [0.5, 0.6) is 0 Å². The largest absolute Gasteiger partial charge is 0.349 e. The Balaban J connectivity index is 1.40. The number of imide groups is 1. The average Bonchev–Trinajstić information content (AvgIpc) is 3.36. The van der Waals surface area contributed by atoms with Crippen LogP contribution in [0.25, 0.3) is 0 Å². The summed E-state index contributed by atoms with van der Waals surface area (Å²) in [4.78, 5) is 43.5. The van der Waals surface area contributed by atoms with E-state index >= 15 is 0 Å². The highest BCUT2D eigenvalue weighted by molar-refractivity contribution is 7.07. The molecule has 4 amide bonds. The molecule has 30 heavy (non-hydrogen) atoms. The molecule has 0 radical (unpaired) electrons. The summed E-state index contributed by atoms with van der Waals surface area (Å²) in [6.07, 6.45) is 8.92. The topological polar surface area (TPSA) is 91.4 Å². The van der Waals surface area contributed by atoms with Crippen LogP contribution in [-0.4, -0.2) is 39.8 Å². The zero-order valence-corrected chi connectivity index (χ0v) is 17.6. The summed E-state index contributed by atoms with van der Waals surface area (Å²) in [5.74, 6) is -0.541. The standard InChI is InChI=1S/C22H26N4O3S/c27-20(12-19-21(28)26(22(29)25-19)17-6-2-1-3-7-17)24-18(11-15-8-10-30-14-15)16-5-4-9-23-13-16/h4-5,8-10,13-14,17-19H,1-3,6-7,11-12H2,(H,24,27)(H,25,29). The van der Waals surface area contributed by atoms with Gasteiger partial charge in [-0.15, -0.1) is 0 Å². The number of rotatable bonds is 7. The maximum absolute atomic E-state index is 12.8. The summed E-state index contributed by atoms with van der Waals surface area (Å²) in [7, 11) is 0. The third-order valence-corrected chi connectivity index (χ3v) is 6.56. The molecule has 0 aromatic carbocycles. The summed E-state index contributed by atoms with van der Waals surface area (Å²) >= 11 is 1.61. The third-order valence-electron chi connectivity index (χ3n) is 5.82. The third kappa shape index (κ3) is 4.70. The van der Waals surface area contributed by atoms with Gasteiger partial charge in [0, 0.05) is 18.4 Å². The fraction of sp³-hybridized carbons (Fsp3) is 0.455. The summed E-state index contributed by atoms with van der Waals surface area (Å²) in [5.41, 5.74) is 2.03. The van der Waals surface area contributed by atoms with Gasteiger partial charge in [-0.1, -0.05) is 25.3 Å². The van der Waals surface area contributed by atoms with E-state index in [-0.39, 0.29) is 36.3 Å². The molecule has 2 atom stereocenters. The lowest BCUT2D eigenvalue weighted by Gasteiger charge is -2.28. The molecule has 1 saturated carbocycles. The van der Waals surface area contributed by atoms with Crippen LogP contribution in [0.15, 0.2) is 41.4 Å². The highest BCUT2D eigenvalue weighted by Crippen LogP contribution is 2.26. The van der Waals surface area contributed by atoms with E-state index < -0.39 is 6.04 Å². The van der Waals surface area contributed by atoms with E-state index in [0.717, 1.165) is 43.2 Å². The molecule has 2 fully saturated rings. The summed E-state index contributed by atoms with van der Waals surface area (Å²) < 4.78 is 0. The molecule has 3 heterocycles. The molecule has 8 heteroatoms. The summed E-state index contributed by atoms with van der Waals surface area (Å²) in [5, 5.41) is 9.80. The van der Waals surface area contributed by atoms with Crippen molar-refractivity contribution >= 4 is 29.2 Å². The Morgan fingerprint density at radius 1 is 1.27 bits per heavy atom. The minimum atomic E-state index is -0.796. The number of nitrogens with zero attached hydrogens (tertiary/aromatic N) is 2. The Labute approximate surface area is 179 Å². The second-order valence-electron chi connectivity index (χ2n) is 7.95. The quantitative estimate of drug-likeness (QED) is 0.665. The molecule has 7 nitrogen and oxygen atoms in total. The summed E-state index contributed by atoms with van der Waals surface area (Å²) in [6, 6.07) is 4.34. The van der Waals surface area contributed by atoms with Gasteiger partial charge in [0.15, 0.2) is 0 Å². The minimum Gasteiger partial charge on any atom is -0.349 e. The average molecular weight is 427 g/mol. The molecule has 2 aromatic rings. The van der Waals surface area contributed by atoms with Crippen molar-refractivity contribution in [3.8, 4) is 0 Å². The van der Waals surface area contributed by atoms with Gasteiger partial charge in [-0.3, -0.25) is 19.5 Å². The Bertz CT molecular complexity index is 881. The first-order valence-corrected chi connectivity index (χ1v) is 11.4. The van der Waals surface area contributed by atoms with Crippen molar-refractivity contribution in [3.63, 3.8) is 0 Å². The predicted molar refractivity (Wildman–Crippen MR) is 114 cm³/mol. The Morgan fingerprint density at radius 3 is 2.80 bits per heavy atom. The van der Waals surface area contributed by atoms with Gasteiger partial charge < -0.3 is 10.6 Å². The van der Waals surface area contributed by atoms with Crippen LogP contribution < -0.4 is 10.6 Å². The number of amides is 4. The first-order chi connectivity index (χ1) is 14.6. The SMILES string of the molecule is O=C(CC1NC(=O)N(C2CCCCC2)C1=O)NC(Cc1ccsc1)c1cccnc1. The Morgan fingerprint density at radius 2 is 2.10 bits per heavy atom. The van der Waals surface area contributed by atoms with Crippen LogP contribution in [0, 0.1) is 0 Å². The van der Waals surface area contributed by atoms with Crippen molar-refractivity contribution in [2.75, 3.05) is 0 Å². The number of nitrogens with one attached hydrogen (secondary N) is 2. The maximum Gasteiger partial charge on any atom is 0.325 e. The minimum absolute atomic E-state index is 0.0407. The highest BCUT2D eigenvalue weighted by atomic mass is 32.1. The molecule has 158 valence electrons. The van der Waals surface area contributed by atoms with Crippen molar-refractivity contribution in [1.29, 1.82) is 0 Å². The second-order valence-corrected chi connectivity index (χ2v) is 8.73. The normalized spacial score (nSPS) is 20.8. The smallest absolute Gasteiger partial charge is 0.325 e. The molecule has 4 rings (SSSR count). The lowest BCUT2D eigenvalue weighted by atomic mass is 9.94. The number of carbonyl (C=O) groups excluding carboxylic acids is 3. The molecule has 2 aromatic heterocycles. The maximum atomic E-state index is 12.8. The predicted octanol–water partition coefficient (Wildman–Crippen LogP) is 3.19. The monoisotopic (exact) mass is 426 g/mol. The molecule has 2 N–H and O–H groups in total. The number of pyridine rings is 1. The van der Waals surface area contributed by atoms with E-state index in [0.29, 0.717) is 6.42 Å². The van der Waals surface area contributed by atoms with E-state index in [9.17, 15) is 14.4 Å². The van der Waals surface area contributed by atoms with Gasteiger partial charge in [-0.05, 0) is 53.3 Å². The van der Waals surface area contributed by atoms with Crippen molar-refractivity contribution in [2.24, 2.45) is 0 Å². The first-order valence-electron chi connectivity index (χ1n) is 10.5. The van der Waals surface area contributed by atoms with Crippen LogP contribution in [0.3, 0.4) is 0 Å². The number of thiophene rings is 1. The van der Waals surface area contributed by atoms with Gasteiger partial charge in [0.05, 0.1) is 12.5 Å². The van der Waals surface area contributed by atoms with Gasteiger partial charge in [0.2, 0.25) is 5.91 Å². The van der Waals surface area contributed by atoms with Crippen molar-refractivity contribution < 1.29 is 14.4 Å². The van der Waals surface area contributed by atoms with E-state index in [1.54, 1.807) is 23.7 Å². The molecule has 1 aliphatic carbocycles. The van der Waals surface area contributed by atoms with Gasteiger partial charge >= 0.3 is 6.03 Å². The van der Waals surface area contributed by atoms with E-state index in [1.807, 2.05) is 23.6 Å². The Kier molecular flexibility index (Phi) is 6.42. The van der Waals surface area contributed by atoms with Crippen LogP contribution in [-0.2, 0) is 16.0 Å². The lowest BCUT2D eigenvalue weighted by Crippen LogP contribution is -2.42. The van der Waals surface area contributed by atoms with Gasteiger partial charge in [0.1, 0.15) is 6.04 Å². The van der Waals surface area contributed by atoms with E-state index in [2.05, 4.69) is 21.0 Å². The zero-order valence-electron chi connectivity index (χ0n) is 16.8. The highest BCUT2D eigenvalue weighted by Gasteiger charge is 2.43. The van der Waals surface area contributed by atoms with Gasteiger partial charge in [0.25, 0.3) is 5.91 Å². The lowest BCUT2D eigenvalue weighted by molar-refractivity contribution is -0.132.